The number of imidazole rings is 1. The fraction of sp³-hybridized carbons (Fsp3) is 0.458. The zero-order valence-corrected chi connectivity index (χ0v) is 19.2. The van der Waals surface area contributed by atoms with E-state index in [1.165, 1.54) is 18.9 Å². The van der Waals surface area contributed by atoms with E-state index in [9.17, 15) is 8.78 Å². The number of aryl methyl sites for hydroxylation is 2. The molecule has 3 aromatic rings. The molecular weight excluding hydrogens is 418 g/mol. The Morgan fingerprint density at radius 3 is 2.61 bits per heavy atom. The topological polar surface area (TPSA) is 41.9 Å². The number of benzene rings is 2. The Hall–Kier alpha value is -2.18. The molecule has 166 valence electrons. The molecule has 0 spiro atoms. The van der Waals surface area contributed by atoms with Gasteiger partial charge in [-0.1, -0.05) is 31.5 Å². The highest BCUT2D eigenvalue weighted by atomic mass is 35.5. The van der Waals surface area contributed by atoms with Crippen molar-refractivity contribution in [2.45, 2.75) is 59.0 Å². The summed E-state index contributed by atoms with van der Waals surface area (Å²) in [6.45, 7) is 6.75. The van der Waals surface area contributed by atoms with Gasteiger partial charge >= 0.3 is 0 Å². The summed E-state index contributed by atoms with van der Waals surface area (Å²) in [6, 6.07) is 6.93. The Morgan fingerprint density at radius 1 is 1.19 bits per heavy atom. The van der Waals surface area contributed by atoms with E-state index in [4.69, 9.17) is 11.6 Å². The standard InChI is InChI=1S/C24H29ClF2N4/c1-14-5-6-17(25)22(21(14)27)30-23-29-19-11-15(18(26)12-20(19)31(23)4)13-28-16-7-9-24(2,3)10-8-16/h5-6,11-12,16,28H,7-10,13H2,1-4H3,(H,29,30). The molecule has 1 aliphatic rings. The lowest BCUT2D eigenvalue weighted by Crippen LogP contribution is -2.35. The number of hydrogen-bond donors (Lipinski definition) is 2. The van der Waals surface area contributed by atoms with E-state index in [-0.39, 0.29) is 16.5 Å². The van der Waals surface area contributed by atoms with E-state index in [0.29, 0.717) is 46.1 Å². The third-order valence-corrected chi connectivity index (χ3v) is 6.81. The van der Waals surface area contributed by atoms with Crippen LogP contribution in [0.5, 0.6) is 0 Å². The van der Waals surface area contributed by atoms with E-state index in [1.807, 2.05) is 0 Å². The minimum absolute atomic E-state index is 0.169. The number of hydrogen-bond acceptors (Lipinski definition) is 3. The Morgan fingerprint density at radius 2 is 1.90 bits per heavy atom. The van der Waals surface area contributed by atoms with Gasteiger partial charge in [-0.05, 0) is 55.7 Å². The van der Waals surface area contributed by atoms with Crippen LogP contribution in [0.3, 0.4) is 0 Å². The fourth-order valence-corrected chi connectivity index (χ4v) is 4.44. The molecule has 1 aliphatic carbocycles. The van der Waals surface area contributed by atoms with Crippen molar-refractivity contribution in [3.63, 3.8) is 0 Å². The lowest BCUT2D eigenvalue weighted by atomic mass is 9.75. The van der Waals surface area contributed by atoms with Crippen LogP contribution in [-0.4, -0.2) is 15.6 Å². The lowest BCUT2D eigenvalue weighted by Gasteiger charge is -2.34. The van der Waals surface area contributed by atoms with E-state index in [0.717, 1.165) is 12.8 Å². The van der Waals surface area contributed by atoms with Crippen molar-refractivity contribution in [2.75, 3.05) is 5.32 Å². The molecule has 0 radical (unpaired) electrons. The first-order valence-electron chi connectivity index (χ1n) is 10.7. The quantitative estimate of drug-likeness (QED) is 0.463. The van der Waals surface area contributed by atoms with Crippen LogP contribution in [0.1, 0.15) is 50.7 Å². The van der Waals surface area contributed by atoms with Crippen molar-refractivity contribution in [2.24, 2.45) is 12.5 Å². The molecule has 2 N–H and O–H groups in total. The third kappa shape index (κ3) is 4.55. The van der Waals surface area contributed by atoms with E-state index in [2.05, 4.69) is 29.5 Å². The molecule has 4 nitrogen and oxygen atoms in total. The Kier molecular flexibility index (Phi) is 5.97. The van der Waals surface area contributed by atoms with Gasteiger partial charge in [0.15, 0.2) is 5.82 Å². The van der Waals surface area contributed by atoms with E-state index in [1.54, 1.807) is 36.7 Å². The molecular formula is C24H29ClF2N4. The number of nitrogens with one attached hydrogen (secondary N) is 2. The van der Waals surface area contributed by atoms with Crippen molar-refractivity contribution < 1.29 is 8.78 Å². The number of rotatable bonds is 5. The molecule has 0 atom stereocenters. The summed E-state index contributed by atoms with van der Waals surface area (Å²) in [5.41, 5.74) is 2.92. The monoisotopic (exact) mass is 446 g/mol. The molecule has 0 saturated heterocycles. The molecule has 0 amide bonds. The van der Waals surface area contributed by atoms with Gasteiger partial charge in [-0.25, -0.2) is 13.8 Å². The largest absolute Gasteiger partial charge is 0.322 e. The highest BCUT2D eigenvalue weighted by molar-refractivity contribution is 6.33. The van der Waals surface area contributed by atoms with Crippen LogP contribution < -0.4 is 10.6 Å². The van der Waals surface area contributed by atoms with Gasteiger partial charge in [0.1, 0.15) is 5.82 Å². The molecule has 0 aliphatic heterocycles. The van der Waals surface area contributed by atoms with Gasteiger partial charge < -0.3 is 15.2 Å². The summed E-state index contributed by atoms with van der Waals surface area (Å²) >= 11 is 6.18. The summed E-state index contributed by atoms with van der Waals surface area (Å²) < 4.78 is 31.1. The van der Waals surface area contributed by atoms with Crippen LogP contribution in [-0.2, 0) is 13.6 Å². The number of halogens is 3. The zero-order chi connectivity index (χ0) is 22.3. The number of fused-ring (bicyclic) bond motifs is 1. The van der Waals surface area contributed by atoms with Crippen LogP contribution in [0.25, 0.3) is 11.0 Å². The van der Waals surface area contributed by atoms with Gasteiger partial charge in [-0.2, -0.15) is 0 Å². The van der Waals surface area contributed by atoms with Crippen LogP contribution in [0, 0.1) is 24.0 Å². The second-order valence-electron chi connectivity index (χ2n) is 9.42. The third-order valence-electron chi connectivity index (χ3n) is 6.49. The van der Waals surface area contributed by atoms with Crippen molar-refractivity contribution in [1.29, 1.82) is 0 Å². The van der Waals surface area contributed by atoms with E-state index >= 15 is 0 Å². The smallest absolute Gasteiger partial charge is 0.208 e. The van der Waals surface area contributed by atoms with Gasteiger partial charge in [-0.3, -0.25) is 0 Å². The van der Waals surface area contributed by atoms with Crippen molar-refractivity contribution in [3.05, 3.63) is 52.0 Å². The Labute approximate surface area is 187 Å². The number of aromatic nitrogens is 2. The summed E-state index contributed by atoms with van der Waals surface area (Å²) in [4.78, 5) is 4.57. The molecule has 1 saturated carbocycles. The maximum atomic E-state index is 14.8. The SMILES string of the molecule is Cc1ccc(Cl)c(Nc2nc3cc(CNC4CCC(C)(C)CC4)c(F)cc3n2C)c1F. The number of anilines is 2. The molecule has 31 heavy (non-hydrogen) atoms. The van der Waals surface area contributed by atoms with Crippen LogP contribution in [0.2, 0.25) is 5.02 Å². The first kappa shape index (κ1) is 22.0. The highest BCUT2D eigenvalue weighted by Crippen LogP contribution is 2.35. The first-order chi connectivity index (χ1) is 14.6. The fourth-order valence-electron chi connectivity index (χ4n) is 4.24. The maximum Gasteiger partial charge on any atom is 0.208 e. The minimum atomic E-state index is -0.425. The van der Waals surface area contributed by atoms with Crippen molar-refractivity contribution >= 4 is 34.3 Å². The maximum absolute atomic E-state index is 14.8. The van der Waals surface area contributed by atoms with Gasteiger partial charge in [0.05, 0.1) is 21.7 Å². The molecule has 1 heterocycles. The second kappa shape index (κ2) is 8.40. The van der Waals surface area contributed by atoms with Gasteiger partial charge in [-0.15, -0.1) is 0 Å². The summed E-state index contributed by atoms with van der Waals surface area (Å²) in [5.74, 6) is -0.294. The highest BCUT2D eigenvalue weighted by Gasteiger charge is 2.26. The normalized spacial score (nSPS) is 16.7. The molecule has 1 aromatic heterocycles. The molecule has 4 rings (SSSR count). The van der Waals surface area contributed by atoms with Crippen LogP contribution in [0.4, 0.5) is 20.4 Å². The van der Waals surface area contributed by atoms with Gasteiger partial charge in [0.2, 0.25) is 5.95 Å². The van der Waals surface area contributed by atoms with Crippen molar-refractivity contribution in [1.82, 2.24) is 14.9 Å². The number of nitrogens with zero attached hydrogens (tertiary/aromatic N) is 2. The molecule has 7 heteroatoms. The van der Waals surface area contributed by atoms with Crippen molar-refractivity contribution in [3.8, 4) is 0 Å². The predicted octanol–water partition coefficient (Wildman–Crippen LogP) is 6.62. The molecule has 0 bridgehead atoms. The first-order valence-corrected chi connectivity index (χ1v) is 11.1. The average molecular weight is 447 g/mol. The van der Waals surface area contributed by atoms with Crippen LogP contribution in [0.15, 0.2) is 24.3 Å². The van der Waals surface area contributed by atoms with Crippen LogP contribution >= 0.6 is 11.6 Å². The average Bonchev–Trinajstić information content (AvgIpc) is 3.02. The summed E-state index contributed by atoms with van der Waals surface area (Å²) in [5, 5.41) is 6.75. The minimum Gasteiger partial charge on any atom is -0.322 e. The Bertz CT molecular complexity index is 1110. The second-order valence-corrected chi connectivity index (χ2v) is 9.83. The molecule has 0 unspecified atom stereocenters. The van der Waals surface area contributed by atoms with Gasteiger partial charge in [0, 0.05) is 31.3 Å². The van der Waals surface area contributed by atoms with E-state index < -0.39 is 5.82 Å². The Balaban J connectivity index is 1.55. The molecule has 1 fully saturated rings. The van der Waals surface area contributed by atoms with Gasteiger partial charge in [0.25, 0.3) is 0 Å². The predicted molar refractivity (Wildman–Crippen MR) is 123 cm³/mol. The lowest BCUT2D eigenvalue weighted by molar-refractivity contribution is 0.205. The summed E-state index contributed by atoms with van der Waals surface area (Å²) in [6.07, 6.45) is 4.58. The summed E-state index contributed by atoms with van der Waals surface area (Å²) in [7, 11) is 1.76. The molecule has 2 aromatic carbocycles. The zero-order valence-electron chi connectivity index (χ0n) is 18.5.